The first-order valence-corrected chi connectivity index (χ1v) is 7.67. The third kappa shape index (κ3) is 4.40. The first kappa shape index (κ1) is 15.7. The summed E-state index contributed by atoms with van der Waals surface area (Å²) >= 11 is 1.48. The molecule has 0 radical (unpaired) electrons. The molecule has 1 aromatic heterocycles. The number of aliphatic carboxylic acids is 1. The Labute approximate surface area is 126 Å². The van der Waals surface area contributed by atoms with Crippen molar-refractivity contribution in [2.24, 2.45) is 0 Å². The Morgan fingerprint density at radius 3 is 2.86 bits per heavy atom. The van der Waals surface area contributed by atoms with Crippen LogP contribution in [0.5, 0.6) is 0 Å². The molecule has 0 bridgehead atoms. The summed E-state index contributed by atoms with van der Waals surface area (Å²) in [5.41, 5.74) is 1.06. The van der Waals surface area contributed by atoms with Crippen molar-refractivity contribution in [1.29, 1.82) is 0 Å². The summed E-state index contributed by atoms with van der Waals surface area (Å²) in [6, 6.07) is -0.458. The number of aromatic nitrogens is 1. The fourth-order valence-corrected chi connectivity index (χ4v) is 3.23. The number of aryl methyl sites for hydroxylation is 2. The van der Waals surface area contributed by atoms with E-state index >= 15 is 0 Å². The molecular weight excluding hydrogens is 294 g/mol. The van der Waals surface area contributed by atoms with Gasteiger partial charge < -0.3 is 14.7 Å². The second-order valence-electron chi connectivity index (χ2n) is 4.83. The van der Waals surface area contributed by atoms with E-state index in [2.05, 4.69) is 10.3 Å². The first-order valence-electron chi connectivity index (χ1n) is 6.85. The van der Waals surface area contributed by atoms with Gasteiger partial charge in [0.15, 0.2) is 5.13 Å². The molecule has 2 rings (SSSR count). The molecule has 2 N–H and O–H groups in total. The summed E-state index contributed by atoms with van der Waals surface area (Å²) in [6.45, 7) is 0.148. The van der Waals surface area contributed by atoms with E-state index < -0.39 is 12.0 Å². The van der Waals surface area contributed by atoms with Crippen molar-refractivity contribution in [2.45, 2.75) is 25.7 Å². The van der Waals surface area contributed by atoms with Crippen LogP contribution in [0.3, 0.4) is 0 Å². The molecule has 0 fully saturated rings. The lowest BCUT2D eigenvalue weighted by molar-refractivity contribution is -0.137. The number of carbonyl (C=O) groups excluding carboxylic acids is 1. The zero-order valence-electron chi connectivity index (χ0n) is 11.9. The summed E-state index contributed by atoms with van der Waals surface area (Å²) in [5.74, 6) is -1.06. The summed E-state index contributed by atoms with van der Waals surface area (Å²) in [7, 11) is 1.51. The van der Waals surface area contributed by atoms with E-state index in [4.69, 9.17) is 9.84 Å². The molecule has 0 aromatic carbocycles. The summed E-state index contributed by atoms with van der Waals surface area (Å²) in [4.78, 5) is 29.8. The Balaban J connectivity index is 1.99. The number of rotatable bonds is 6. The molecule has 2 amide bonds. The van der Waals surface area contributed by atoms with Gasteiger partial charge in [-0.15, -0.1) is 11.3 Å². The molecule has 1 aromatic rings. The van der Waals surface area contributed by atoms with E-state index in [0.717, 1.165) is 31.4 Å². The van der Waals surface area contributed by atoms with Gasteiger partial charge in [-0.2, -0.15) is 0 Å². The first-order chi connectivity index (χ1) is 10.1. The number of urea groups is 1. The van der Waals surface area contributed by atoms with E-state index in [9.17, 15) is 9.59 Å². The average molecular weight is 313 g/mol. The van der Waals surface area contributed by atoms with Gasteiger partial charge in [-0.05, 0) is 25.7 Å². The van der Waals surface area contributed by atoms with Crippen LogP contribution in [-0.4, -0.2) is 53.8 Å². The van der Waals surface area contributed by atoms with E-state index in [1.54, 1.807) is 0 Å². The van der Waals surface area contributed by atoms with Crippen molar-refractivity contribution < 1.29 is 19.4 Å². The number of hydrogen-bond donors (Lipinski definition) is 2. The standard InChI is InChI=1S/C13H19N3O4S/c1-20-7-6-16(8-11(17)18)13(19)15-12-14-9-4-2-3-5-10(9)21-12/h2-8H2,1H3,(H,17,18)(H,14,15,19). The van der Waals surface area contributed by atoms with Crippen molar-refractivity contribution in [2.75, 3.05) is 32.1 Å². The monoisotopic (exact) mass is 313 g/mol. The second kappa shape index (κ2) is 7.37. The topological polar surface area (TPSA) is 91.8 Å². The minimum Gasteiger partial charge on any atom is -0.480 e. The number of fused-ring (bicyclic) bond motifs is 1. The summed E-state index contributed by atoms with van der Waals surface area (Å²) < 4.78 is 4.89. The molecule has 0 unspecified atom stereocenters. The molecule has 1 heterocycles. The maximum atomic E-state index is 12.1. The Morgan fingerprint density at radius 2 is 2.19 bits per heavy atom. The quantitative estimate of drug-likeness (QED) is 0.832. The Morgan fingerprint density at radius 1 is 1.43 bits per heavy atom. The maximum Gasteiger partial charge on any atom is 0.324 e. The number of hydrogen-bond acceptors (Lipinski definition) is 5. The maximum absolute atomic E-state index is 12.1. The van der Waals surface area contributed by atoms with Gasteiger partial charge in [-0.25, -0.2) is 9.78 Å². The molecule has 1 aliphatic carbocycles. The highest BCUT2D eigenvalue weighted by molar-refractivity contribution is 7.15. The highest BCUT2D eigenvalue weighted by Crippen LogP contribution is 2.29. The van der Waals surface area contributed by atoms with E-state index in [0.29, 0.717) is 5.13 Å². The minimum absolute atomic E-state index is 0.222. The number of thiazole rings is 1. The lowest BCUT2D eigenvalue weighted by Crippen LogP contribution is -2.40. The van der Waals surface area contributed by atoms with Crippen LogP contribution < -0.4 is 5.32 Å². The van der Waals surface area contributed by atoms with Crippen molar-refractivity contribution in [3.05, 3.63) is 10.6 Å². The van der Waals surface area contributed by atoms with Crippen LogP contribution >= 0.6 is 11.3 Å². The molecule has 7 nitrogen and oxygen atoms in total. The Kier molecular flexibility index (Phi) is 5.51. The number of carbonyl (C=O) groups is 2. The molecule has 1 aliphatic rings. The normalized spacial score (nSPS) is 13.6. The minimum atomic E-state index is -1.06. The van der Waals surface area contributed by atoms with E-state index in [1.165, 1.54) is 28.2 Å². The highest BCUT2D eigenvalue weighted by Gasteiger charge is 2.20. The molecule has 0 atom stereocenters. The van der Waals surface area contributed by atoms with Crippen molar-refractivity contribution in [3.8, 4) is 0 Å². The third-order valence-electron chi connectivity index (χ3n) is 3.24. The number of anilines is 1. The molecule has 0 saturated heterocycles. The van der Waals surface area contributed by atoms with Crippen LogP contribution in [0.15, 0.2) is 0 Å². The van der Waals surface area contributed by atoms with Crippen LogP contribution in [0.1, 0.15) is 23.4 Å². The summed E-state index contributed by atoms with van der Waals surface area (Å²) in [6.07, 6.45) is 4.24. The number of amides is 2. The molecular formula is C13H19N3O4S. The zero-order chi connectivity index (χ0) is 15.2. The van der Waals surface area contributed by atoms with Gasteiger partial charge in [-0.3, -0.25) is 10.1 Å². The lowest BCUT2D eigenvalue weighted by atomic mass is 10.0. The van der Waals surface area contributed by atoms with Gasteiger partial charge in [0, 0.05) is 18.5 Å². The van der Waals surface area contributed by atoms with Crippen LogP contribution in [0.2, 0.25) is 0 Å². The predicted octanol–water partition coefficient (Wildman–Crippen LogP) is 1.59. The number of nitrogens with zero attached hydrogens (tertiary/aromatic N) is 2. The Bertz CT molecular complexity index is 494. The van der Waals surface area contributed by atoms with Crippen molar-refractivity contribution >= 4 is 28.5 Å². The SMILES string of the molecule is COCCN(CC(=O)O)C(=O)Nc1nc2c(s1)CCCC2. The molecule has 0 aliphatic heterocycles. The van der Waals surface area contributed by atoms with Crippen LogP contribution in [-0.2, 0) is 22.4 Å². The fraction of sp³-hybridized carbons (Fsp3) is 0.615. The number of nitrogens with one attached hydrogen (secondary N) is 1. The van der Waals surface area contributed by atoms with Crippen LogP contribution in [0.25, 0.3) is 0 Å². The van der Waals surface area contributed by atoms with Gasteiger partial charge in [0.25, 0.3) is 0 Å². The fourth-order valence-electron chi connectivity index (χ4n) is 2.19. The van der Waals surface area contributed by atoms with E-state index in [1.807, 2.05) is 0 Å². The highest BCUT2D eigenvalue weighted by atomic mass is 32.1. The number of methoxy groups -OCH3 is 1. The van der Waals surface area contributed by atoms with Crippen molar-refractivity contribution in [1.82, 2.24) is 9.88 Å². The average Bonchev–Trinajstić information content (AvgIpc) is 2.85. The molecule has 21 heavy (non-hydrogen) atoms. The predicted molar refractivity (Wildman–Crippen MR) is 78.9 cm³/mol. The zero-order valence-corrected chi connectivity index (χ0v) is 12.7. The van der Waals surface area contributed by atoms with Gasteiger partial charge in [0.2, 0.25) is 0 Å². The van der Waals surface area contributed by atoms with Crippen LogP contribution in [0, 0.1) is 0 Å². The Hall–Kier alpha value is -1.67. The van der Waals surface area contributed by atoms with Gasteiger partial charge in [-0.1, -0.05) is 0 Å². The largest absolute Gasteiger partial charge is 0.480 e. The third-order valence-corrected chi connectivity index (χ3v) is 4.31. The number of carboxylic acid groups (broad SMARTS) is 1. The van der Waals surface area contributed by atoms with Gasteiger partial charge >= 0.3 is 12.0 Å². The van der Waals surface area contributed by atoms with Crippen LogP contribution in [0.4, 0.5) is 9.93 Å². The molecule has 116 valence electrons. The van der Waals surface area contributed by atoms with Crippen molar-refractivity contribution in [3.63, 3.8) is 0 Å². The smallest absolute Gasteiger partial charge is 0.324 e. The van der Waals surface area contributed by atoms with Gasteiger partial charge in [0.1, 0.15) is 6.54 Å². The lowest BCUT2D eigenvalue weighted by Gasteiger charge is -2.19. The second-order valence-corrected chi connectivity index (χ2v) is 5.92. The molecule has 8 heteroatoms. The van der Waals surface area contributed by atoms with Gasteiger partial charge in [0.05, 0.1) is 12.3 Å². The number of carboxylic acids is 1. The van der Waals surface area contributed by atoms with E-state index in [-0.39, 0.29) is 19.7 Å². The molecule has 0 spiro atoms. The number of ether oxygens (including phenoxy) is 1. The molecule has 0 saturated carbocycles. The summed E-state index contributed by atoms with van der Waals surface area (Å²) in [5, 5.41) is 12.1.